The van der Waals surface area contributed by atoms with Gasteiger partial charge in [-0.15, -0.1) is 11.3 Å². The molecular formula is C19H17N3O4S2. The summed E-state index contributed by atoms with van der Waals surface area (Å²) in [6.07, 6.45) is 3.17. The summed E-state index contributed by atoms with van der Waals surface area (Å²) >= 11 is 1.53. The Kier molecular flexibility index (Phi) is 4.56. The second-order valence-corrected chi connectivity index (χ2v) is 8.87. The number of rotatable bonds is 5. The number of nitrogens with zero attached hydrogens (tertiary/aromatic N) is 2. The molecule has 0 aliphatic rings. The lowest BCUT2D eigenvalue weighted by Gasteiger charge is -2.12. The molecule has 144 valence electrons. The van der Waals surface area contributed by atoms with Crippen LogP contribution in [0.4, 0.5) is 0 Å². The van der Waals surface area contributed by atoms with Crippen molar-refractivity contribution in [2.45, 2.75) is 13.3 Å². The molecule has 4 rings (SSSR count). The maximum absolute atomic E-state index is 11.5. The van der Waals surface area contributed by atoms with Crippen LogP contribution in [0, 0.1) is 0 Å². The fourth-order valence-corrected chi connectivity index (χ4v) is 4.44. The van der Waals surface area contributed by atoms with Crippen molar-refractivity contribution in [2.75, 3.05) is 6.26 Å². The fraction of sp³-hybridized carbons (Fsp3) is 0.158. The van der Waals surface area contributed by atoms with Crippen LogP contribution in [-0.4, -0.2) is 35.0 Å². The van der Waals surface area contributed by atoms with E-state index in [1.54, 1.807) is 12.3 Å². The highest BCUT2D eigenvalue weighted by Crippen LogP contribution is 2.41. The number of thiazole rings is 1. The number of benzene rings is 2. The highest BCUT2D eigenvalue weighted by atomic mass is 32.2. The summed E-state index contributed by atoms with van der Waals surface area (Å²) in [6, 6.07) is 10.9. The molecule has 2 aromatic heterocycles. The Bertz CT molecular complexity index is 1240. The van der Waals surface area contributed by atoms with Gasteiger partial charge in [0.15, 0.2) is 0 Å². The molecule has 0 saturated carbocycles. The van der Waals surface area contributed by atoms with Gasteiger partial charge >= 0.3 is 10.1 Å². The van der Waals surface area contributed by atoms with Crippen LogP contribution >= 0.6 is 11.3 Å². The van der Waals surface area contributed by atoms with Crippen LogP contribution in [0.15, 0.2) is 42.6 Å². The van der Waals surface area contributed by atoms with Gasteiger partial charge in [-0.1, -0.05) is 19.1 Å². The summed E-state index contributed by atoms with van der Waals surface area (Å²) in [7, 11) is -3.70. The van der Waals surface area contributed by atoms with Crippen molar-refractivity contribution in [3.05, 3.63) is 48.2 Å². The molecule has 0 atom stereocenters. The minimum absolute atomic E-state index is 0.109. The molecule has 28 heavy (non-hydrogen) atoms. The van der Waals surface area contributed by atoms with Crippen LogP contribution < -0.4 is 4.18 Å². The zero-order valence-corrected chi connectivity index (χ0v) is 16.8. The summed E-state index contributed by atoms with van der Waals surface area (Å²) in [4.78, 5) is 4.65. The molecule has 0 bridgehead atoms. The van der Waals surface area contributed by atoms with E-state index in [2.05, 4.69) is 15.2 Å². The normalized spacial score (nSPS) is 11.8. The second kappa shape index (κ2) is 6.92. The van der Waals surface area contributed by atoms with E-state index in [4.69, 9.17) is 4.18 Å². The van der Waals surface area contributed by atoms with Crippen molar-refractivity contribution < 1.29 is 17.7 Å². The minimum Gasteiger partial charge on any atom is -0.507 e. The number of phenols is 1. The fourth-order valence-electron chi connectivity index (χ4n) is 2.97. The average Bonchev–Trinajstić information content (AvgIpc) is 3.27. The van der Waals surface area contributed by atoms with Gasteiger partial charge in [-0.3, -0.25) is 5.10 Å². The van der Waals surface area contributed by atoms with E-state index in [1.165, 1.54) is 17.4 Å². The summed E-state index contributed by atoms with van der Waals surface area (Å²) in [5, 5.41) is 18.4. The smallest absolute Gasteiger partial charge is 0.306 e. The Morgan fingerprint density at radius 2 is 2.00 bits per heavy atom. The number of phenolic OH excluding ortho intramolecular Hbond substituents is 1. The van der Waals surface area contributed by atoms with E-state index in [9.17, 15) is 13.5 Å². The first-order valence-electron chi connectivity index (χ1n) is 8.50. The van der Waals surface area contributed by atoms with E-state index in [0.717, 1.165) is 27.0 Å². The molecule has 2 heterocycles. The first kappa shape index (κ1) is 18.5. The van der Waals surface area contributed by atoms with Crippen LogP contribution in [0.1, 0.15) is 12.5 Å². The molecule has 0 fully saturated rings. The molecule has 0 saturated heterocycles. The van der Waals surface area contributed by atoms with Crippen LogP contribution in [0.3, 0.4) is 0 Å². The molecule has 0 aliphatic heterocycles. The van der Waals surface area contributed by atoms with E-state index >= 15 is 0 Å². The molecule has 2 aromatic carbocycles. The Labute approximate surface area is 165 Å². The third-order valence-corrected chi connectivity index (χ3v) is 5.79. The van der Waals surface area contributed by atoms with E-state index in [-0.39, 0.29) is 11.5 Å². The Morgan fingerprint density at radius 1 is 1.21 bits per heavy atom. The SMILES string of the molecule is CCc1cc(-c2[nH]ncc2-c2nc3ccccc3s2)c(O)cc1OS(C)(=O)=O. The molecular weight excluding hydrogens is 398 g/mol. The van der Waals surface area contributed by atoms with Crippen LogP contribution in [-0.2, 0) is 16.5 Å². The van der Waals surface area contributed by atoms with Crippen molar-refractivity contribution in [1.82, 2.24) is 15.2 Å². The zero-order chi connectivity index (χ0) is 19.9. The number of hydrogen-bond acceptors (Lipinski definition) is 7. The summed E-state index contributed by atoms with van der Waals surface area (Å²) < 4.78 is 29.0. The molecule has 7 nitrogen and oxygen atoms in total. The monoisotopic (exact) mass is 415 g/mol. The molecule has 9 heteroatoms. The van der Waals surface area contributed by atoms with Crippen molar-refractivity contribution >= 4 is 31.7 Å². The number of aryl methyl sites for hydroxylation is 1. The first-order valence-corrected chi connectivity index (χ1v) is 11.1. The lowest BCUT2D eigenvalue weighted by Crippen LogP contribution is -2.07. The number of hydrogen-bond donors (Lipinski definition) is 2. The van der Waals surface area contributed by atoms with Crippen LogP contribution in [0.2, 0.25) is 0 Å². The maximum Gasteiger partial charge on any atom is 0.306 e. The van der Waals surface area contributed by atoms with Crippen molar-refractivity contribution in [3.8, 4) is 33.3 Å². The highest BCUT2D eigenvalue weighted by Gasteiger charge is 2.20. The van der Waals surface area contributed by atoms with Crippen molar-refractivity contribution in [2.24, 2.45) is 0 Å². The predicted octanol–water partition coefficient (Wildman–Crippen LogP) is 3.96. The minimum atomic E-state index is -3.70. The van der Waals surface area contributed by atoms with Gasteiger partial charge in [-0.25, -0.2) is 4.98 Å². The van der Waals surface area contributed by atoms with Gasteiger partial charge in [0.05, 0.1) is 33.9 Å². The standard InChI is InChI=1S/C19H17N3O4S2/c1-3-11-8-12(15(23)9-16(11)26-28(2,24)25)18-13(10-20-22-18)19-21-14-6-4-5-7-17(14)27-19/h4-10,23H,3H2,1-2H3,(H,20,22). The Hall–Kier alpha value is -2.91. The van der Waals surface area contributed by atoms with Crippen LogP contribution in [0.5, 0.6) is 11.5 Å². The maximum atomic E-state index is 11.5. The van der Waals surface area contributed by atoms with Gasteiger partial charge < -0.3 is 9.29 Å². The first-order chi connectivity index (χ1) is 13.4. The largest absolute Gasteiger partial charge is 0.507 e. The number of aromatic nitrogens is 3. The van der Waals surface area contributed by atoms with Gasteiger partial charge in [0.1, 0.15) is 16.5 Å². The third kappa shape index (κ3) is 3.46. The third-order valence-electron chi connectivity index (χ3n) is 4.23. The number of nitrogens with one attached hydrogen (secondary N) is 1. The Balaban J connectivity index is 1.83. The van der Waals surface area contributed by atoms with Gasteiger partial charge in [-0.2, -0.15) is 13.5 Å². The number of aromatic amines is 1. The number of fused-ring (bicyclic) bond motifs is 1. The van der Waals surface area contributed by atoms with Gasteiger partial charge in [0, 0.05) is 11.6 Å². The van der Waals surface area contributed by atoms with E-state index < -0.39 is 10.1 Å². The topological polar surface area (TPSA) is 105 Å². The summed E-state index contributed by atoms with van der Waals surface area (Å²) in [6.45, 7) is 1.88. The molecule has 0 amide bonds. The average molecular weight is 415 g/mol. The molecule has 4 aromatic rings. The molecule has 0 radical (unpaired) electrons. The second-order valence-electron chi connectivity index (χ2n) is 6.26. The number of aromatic hydroxyl groups is 1. The lowest BCUT2D eigenvalue weighted by molar-refractivity contribution is 0.465. The predicted molar refractivity (Wildman–Crippen MR) is 109 cm³/mol. The molecule has 2 N–H and O–H groups in total. The molecule has 0 unspecified atom stereocenters. The summed E-state index contributed by atoms with van der Waals surface area (Å²) in [5.41, 5.74) is 3.42. The Morgan fingerprint density at radius 3 is 2.71 bits per heavy atom. The van der Waals surface area contributed by atoms with E-state index in [1.807, 2.05) is 31.2 Å². The van der Waals surface area contributed by atoms with Crippen molar-refractivity contribution in [1.29, 1.82) is 0 Å². The van der Waals surface area contributed by atoms with Gasteiger partial charge in [-0.05, 0) is 30.2 Å². The summed E-state index contributed by atoms with van der Waals surface area (Å²) in [5.74, 6) is 0.00904. The number of H-pyrrole nitrogens is 1. The molecule has 0 aliphatic carbocycles. The van der Waals surface area contributed by atoms with Gasteiger partial charge in [0.25, 0.3) is 0 Å². The van der Waals surface area contributed by atoms with Gasteiger partial charge in [0.2, 0.25) is 0 Å². The molecule has 0 spiro atoms. The lowest BCUT2D eigenvalue weighted by atomic mass is 10.0. The number of para-hydroxylation sites is 1. The highest BCUT2D eigenvalue weighted by molar-refractivity contribution is 7.86. The van der Waals surface area contributed by atoms with Crippen molar-refractivity contribution in [3.63, 3.8) is 0 Å². The van der Waals surface area contributed by atoms with Crippen LogP contribution in [0.25, 0.3) is 32.0 Å². The van der Waals surface area contributed by atoms with E-state index in [0.29, 0.717) is 23.2 Å². The quantitative estimate of drug-likeness (QED) is 0.478. The zero-order valence-electron chi connectivity index (χ0n) is 15.1.